The van der Waals surface area contributed by atoms with Crippen molar-refractivity contribution >= 4 is 53.1 Å². The Bertz CT molecular complexity index is 833. The van der Waals surface area contributed by atoms with Gasteiger partial charge in [-0.3, -0.25) is 9.79 Å². The fraction of sp³-hybridized carbons (Fsp3) is 0.316. The van der Waals surface area contributed by atoms with Crippen LogP contribution in [0.1, 0.15) is 17.9 Å². The van der Waals surface area contributed by atoms with Gasteiger partial charge in [0.05, 0.1) is 6.54 Å². The Kier molecular flexibility index (Phi) is 8.78. The van der Waals surface area contributed by atoms with E-state index >= 15 is 0 Å². The van der Waals surface area contributed by atoms with Crippen LogP contribution in [0.25, 0.3) is 0 Å². The Morgan fingerprint density at radius 3 is 2.93 bits per heavy atom. The molecule has 1 unspecified atom stereocenters. The number of pyridine rings is 1. The van der Waals surface area contributed by atoms with E-state index in [0.717, 1.165) is 11.3 Å². The van der Waals surface area contributed by atoms with Gasteiger partial charge >= 0.3 is 0 Å². The highest BCUT2D eigenvalue weighted by Gasteiger charge is 2.24. The van der Waals surface area contributed by atoms with Crippen LogP contribution in [0.5, 0.6) is 5.88 Å². The van der Waals surface area contributed by atoms with Crippen molar-refractivity contribution in [2.75, 3.05) is 32.1 Å². The molecule has 0 spiro atoms. The third-order valence-corrected chi connectivity index (χ3v) is 4.49. The zero-order valence-corrected chi connectivity index (χ0v) is 18.5. The van der Waals surface area contributed by atoms with Gasteiger partial charge in [0, 0.05) is 37.8 Å². The number of amides is 1. The van der Waals surface area contributed by atoms with Crippen molar-refractivity contribution in [2.24, 2.45) is 4.99 Å². The number of benzene rings is 1. The second-order valence-corrected chi connectivity index (χ2v) is 6.46. The number of ether oxygens (including phenoxy) is 1. The number of hydrogen-bond acceptors (Lipinski definition) is 4. The summed E-state index contributed by atoms with van der Waals surface area (Å²) < 4.78 is 5.55. The summed E-state index contributed by atoms with van der Waals surface area (Å²) in [5, 5.41) is 9.84. The van der Waals surface area contributed by atoms with E-state index in [0.29, 0.717) is 43.0 Å². The second-order valence-electron chi connectivity index (χ2n) is 6.06. The molecule has 2 heterocycles. The van der Waals surface area contributed by atoms with E-state index in [2.05, 4.69) is 25.9 Å². The van der Waals surface area contributed by atoms with Crippen LogP contribution in [0.15, 0.2) is 47.6 Å². The van der Waals surface area contributed by atoms with Crippen LogP contribution >= 0.6 is 35.6 Å². The first-order chi connectivity index (χ1) is 13.2. The van der Waals surface area contributed by atoms with E-state index in [1.165, 1.54) is 0 Å². The Labute approximate surface area is 186 Å². The normalized spacial score (nSPS) is 15.7. The lowest BCUT2D eigenvalue weighted by atomic mass is 9.90. The van der Waals surface area contributed by atoms with Crippen molar-refractivity contribution in [1.82, 2.24) is 15.6 Å². The van der Waals surface area contributed by atoms with Crippen LogP contribution in [0.4, 0.5) is 5.69 Å². The van der Waals surface area contributed by atoms with Gasteiger partial charge in [-0.15, -0.1) is 24.0 Å². The van der Waals surface area contributed by atoms with Gasteiger partial charge in [-0.05, 0) is 23.8 Å². The first-order valence-corrected chi connectivity index (χ1v) is 9.12. The summed E-state index contributed by atoms with van der Waals surface area (Å²) in [7, 11) is 1.70. The molecule has 150 valence electrons. The summed E-state index contributed by atoms with van der Waals surface area (Å²) in [6.07, 6.45) is 2.08. The van der Waals surface area contributed by atoms with Crippen molar-refractivity contribution in [3.8, 4) is 5.88 Å². The molecule has 0 aliphatic carbocycles. The molecule has 1 atom stereocenters. The molecule has 0 saturated carbocycles. The van der Waals surface area contributed by atoms with Crippen molar-refractivity contribution in [1.29, 1.82) is 0 Å². The zero-order chi connectivity index (χ0) is 19.1. The van der Waals surface area contributed by atoms with E-state index in [1.807, 2.05) is 24.3 Å². The Morgan fingerprint density at radius 2 is 2.14 bits per heavy atom. The topological polar surface area (TPSA) is 87.6 Å². The van der Waals surface area contributed by atoms with Gasteiger partial charge in [-0.25, -0.2) is 4.98 Å². The number of carbonyl (C=O) groups is 1. The number of nitrogens with zero attached hydrogens (tertiary/aromatic N) is 2. The third-order valence-electron chi connectivity index (χ3n) is 4.20. The fourth-order valence-electron chi connectivity index (χ4n) is 2.92. The minimum atomic E-state index is 0. The number of nitrogens with one attached hydrogen (secondary N) is 3. The van der Waals surface area contributed by atoms with Crippen molar-refractivity contribution < 1.29 is 9.53 Å². The summed E-state index contributed by atoms with van der Waals surface area (Å²) in [6, 6.07) is 11.4. The Hall–Kier alpha value is -2.07. The fourth-order valence-corrected chi connectivity index (χ4v) is 3.10. The van der Waals surface area contributed by atoms with Crippen LogP contribution in [0.3, 0.4) is 0 Å². The predicted molar refractivity (Wildman–Crippen MR) is 122 cm³/mol. The molecule has 7 nitrogen and oxygen atoms in total. The van der Waals surface area contributed by atoms with E-state index in [1.54, 1.807) is 25.4 Å². The SMILES string of the molecule is CN=C(NCCOc1ncccc1Cl)NCC1CC(=O)Nc2ccccc21.I. The van der Waals surface area contributed by atoms with Crippen molar-refractivity contribution in [3.63, 3.8) is 0 Å². The highest BCUT2D eigenvalue weighted by molar-refractivity contribution is 14.0. The summed E-state index contributed by atoms with van der Waals surface area (Å²) in [5.41, 5.74) is 2.01. The highest BCUT2D eigenvalue weighted by Crippen LogP contribution is 2.31. The molecule has 1 aromatic heterocycles. The smallest absolute Gasteiger partial charge is 0.232 e. The molecule has 9 heteroatoms. The lowest BCUT2D eigenvalue weighted by Crippen LogP contribution is -2.42. The van der Waals surface area contributed by atoms with Gasteiger partial charge in [0.1, 0.15) is 11.6 Å². The van der Waals surface area contributed by atoms with E-state index in [-0.39, 0.29) is 35.8 Å². The van der Waals surface area contributed by atoms with Gasteiger partial charge in [0.2, 0.25) is 11.8 Å². The maximum absolute atomic E-state index is 11.9. The number of halogens is 2. The maximum Gasteiger partial charge on any atom is 0.232 e. The van der Waals surface area contributed by atoms with Crippen LogP contribution in [0, 0.1) is 0 Å². The molecule has 2 aromatic rings. The minimum Gasteiger partial charge on any atom is -0.475 e. The van der Waals surface area contributed by atoms with Crippen molar-refractivity contribution in [2.45, 2.75) is 12.3 Å². The standard InChI is InChI=1S/C19H22ClN5O2.HI/c1-21-19(23-9-10-27-18-15(20)6-4-8-22-18)24-12-13-11-17(26)25-16-7-3-2-5-14(13)16;/h2-8,13H,9-12H2,1H3,(H,25,26)(H2,21,23,24);1H. The molecule has 0 bridgehead atoms. The van der Waals surface area contributed by atoms with Gasteiger partial charge in [-0.1, -0.05) is 29.8 Å². The van der Waals surface area contributed by atoms with Crippen LogP contribution in [-0.2, 0) is 4.79 Å². The maximum atomic E-state index is 11.9. The molecule has 3 N–H and O–H groups in total. The number of guanidine groups is 1. The first-order valence-electron chi connectivity index (χ1n) is 8.74. The number of anilines is 1. The zero-order valence-electron chi connectivity index (χ0n) is 15.4. The molecule has 1 aliphatic rings. The van der Waals surface area contributed by atoms with E-state index in [4.69, 9.17) is 16.3 Å². The predicted octanol–water partition coefficient (Wildman–Crippen LogP) is 3.02. The number of fused-ring (bicyclic) bond motifs is 1. The van der Waals surface area contributed by atoms with Crippen LogP contribution in [-0.4, -0.2) is 43.6 Å². The molecule has 0 radical (unpaired) electrons. The molecule has 1 aromatic carbocycles. The molecule has 0 fully saturated rings. The number of hydrogen-bond donors (Lipinski definition) is 3. The minimum absolute atomic E-state index is 0. The number of rotatable bonds is 6. The van der Waals surface area contributed by atoms with E-state index in [9.17, 15) is 4.79 Å². The molecule has 28 heavy (non-hydrogen) atoms. The van der Waals surface area contributed by atoms with Gasteiger partial charge < -0.3 is 20.7 Å². The summed E-state index contributed by atoms with van der Waals surface area (Å²) in [5.74, 6) is 1.18. The number of aliphatic imine (C=N–C) groups is 1. The second kappa shape index (κ2) is 11.1. The number of carbonyl (C=O) groups excluding carboxylic acids is 1. The lowest BCUT2D eigenvalue weighted by Gasteiger charge is -2.26. The highest BCUT2D eigenvalue weighted by atomic mass is 127. The van der Waals surface area contributed by atoms with Crippen LogP contribution < -0.4 is 20.7 Å². The molecule has 1 amide bonds. The quantitative estimate of drug-likeness (QED) is 0.238. The summed E-state index contributed by atoms with van der Waals surface area (Å²) in [6.45, 7) is 1.54. The number of aromatic nitrogens is 1. The molecule has 3 rings (SSSR count). The molecule has 1 aliphatic heterocycles. The molecule has 0 saturated heterocycles. The Balaban J connectivity index is 0.00000280. The third kappa shape index (κ3) is 5.96. The lowest BCUT2D eigenvalue weighted by molar-refractivity contribution is -0.116. The average Bonchev–Trinajstić information content (AvgIpc) is 2.68. The summed E-state index contributed by atoms with van der Waals surface area (Å²) in [4.78, 5) is 20.2. The summed E-state index contributed by atoms with van der Waals surface area (Å²) >= 11 is 6.01. The monoisotopic (exact) mass is 515 g/mol. The van der Waals surface area contributed by atoms with Gasteiger partial charge in [0.15, 0.2) is 5.96 Å². The molecular formula is C19H23ClIN5O2. The largest absolute Gasteiger partial charge is 0.475 e. The average molecular weight is 516 g/mol. The van der Waals surface area contributed by atoms with Crippen LogP contribution in [0.2, 0.25) is 5.02 Å². The van der Waals surface area contributed by atoms with Gasteiger partial charge in [0.25, 0.3) is 0 Å². The first kappa shape index (κ1) is 22.2. The molecular weight excluding hydrogens is 493 g/mol. The van der Waals surface area contributed by atoms with Crippen molar-refractivity contribution in [3.05, 3.63) is 53.2 Å². The van der Waals surface area contributed by atoms with E-state index < -0.39 is 0 Å². The Morgan fingerprint density at radius 1 is 1.32 bits per heavy atom. The van der Waals surface area contributed by atoms with Gasteiger partial charge in [-0.2, -0.15) is 0 Å². The number of para-hydroxylation sites is 1.